The largest absolute Gasteiger partial charge is 1.00 e. The normalized spacial score (nSPS) is 13.9. The van der Waals surface area contributed by atoms with Crippen molar-refractivity contribution < 1.29 is 58.0 Å². The van der Waals surface area contributed by atoms with Crippen LogP contribution in [0.25, 0.3) is 0 Å². The molecule has 64 heavy (non-hydrogen) atoms. The number of anilines is 3. The molecule has 0 saturated carbocycles. The molecule has 2 heterocycles. The molecule has 0 amide bonds. The van der Waals surface area contributed by atoms with Crippen LogP contribution in [0.1, 0.15) is 25.1 Å². The Hall–Kier alpha value is -4.23. The van der Waals surface area contributed by atoms with E-state index in [9.17, 15) is 25.6 Å². The quantitative estimate of drug-likeness (QED) is 0.0740. The molecule has 6 aromatic carbocycles. The average molecular weight is 1140 g/mol. The molecule has 0 atom stereocenters. The Kier molecular flexibility index (Phi) is 16.6. The number of benzene rings is 6. The molecule has 0 aromatic heterocycles. The molecule has 13 heteroatoms. The summed E-state index contributed by atoms with van der Waals surface area (Å²) in [5.41, 5.74) is 19.4. The number of halogens is 4. The van der Waals surface area contributed by atoms with Crippen LogP contribution in [0.4, 0.5) is 25.8 Å². The molecule has 10 rings (SSSR count). The summed E-state index contributed by atoms with van der Waals surface area (Å²) in [4.78, 5) is 5.46. The summed E-state index contributed by atoms with van der Waals surface area (Å²) in [7, 11) is -8.26. The van der Waals surface area contributed by atoms with Gasteiger partial charge in [-0.3, -0.25) is 4.39 Å². The molecule has 316 valence electrons. The summed E-state index contributed by atoms with van der Waals surface area (Å²) in [6.45, 7) is 0. The molecule has 0 N–H and O–H groups in total. The SMILES string of the molecule is O=S(=O)(C1=C=C=C(I)C=C1)c1ccc(F)cc1.O=S(=O)(C1=C=C=C(I)C=C1)c1ccc(N2c3ccccc3Cc3ccccc32)cc1.[2H]CF.[H-].[Na+].c1ccc2c(c1)Cc1ccccc1S2. The van der Waals surface area contributed by atoms with Crippen molar-refractivity contribution in [3.8, 4) is 0 Å². The molecule has 0 spiro atoms. The molecule has 2 aliphatic carbocycles. The third-order valence-electron chi connectivity index (χ3n) is 9.87. The minimum Gasteiger partial charge on any atom is -1.00 e. The van der Waals surface area contributed by atoms with Crippen molar-refractivity contribution in [1.82, 2.24) is 0 Å². The van der Waals surface area contributed by atoms with Crippen molar-refractivity contribution in [2.45, 2.75) is 32.4 Å². The van der Waals surface area contributed by atoms with Gasteiger partial charge in [-0.2, -0.15) is 0 Å². The van der Waals surface area contributed by atoms with Crippen LogP contribution in [0.15, 0.2) is 229 Å². The maximum absolute atomic E-state index is 13.0. The summed E-state index contributed by atoms with van der Waals surface area (Å²) in [6, 6.07) is 45.7. The van der Waals surface area contributed by atoms with Gasteiger partial charge in [-0.25, -0.2) is 21.2 Å². The maximum atomic E-state index is 13.0. The van der Waals surface area contributed by atoms with E-state index < -0.39 is 32.6 Å². The number of alkyl halides is 1. The first kappa shape index (κ1) is 47.7. The zero-order chi connectivity index (χ0) is 45.3. The molecule has 0 saturated heterocycles. The van der Waals surface area contributed by atoms with E-state index in [4.69, 9.17) is 1.37 Å². The van der Waals surface area contributed by atoms with Crippen LogP contribution >= 0.6 is 56.9 Å². The van der Waals surface area contributed by atoms with Gasteiger partial charge >= 0.3 is 29.6 Å². The van der Waals surface area contributed by atoms with E-state index in [0.29, 0.717) is 0 Å². The molecule has 5 nitrogen and oxygen atoms in total. The van der Waals surface area contributed by atoms with Crippen molar-refractivity contribution >= 4 is 93.7 Å². The van der Waals surface area contributed by atoms with Gasteiger partial charge in [0, 0.05) is 33.3 Å². The number of allylic oxidation sites excluding steroid dienone is 6. The van der Waals surface area contributed by atoms with Crippen molar-refractivity contribution in [3.63, 3.8) is 0 Å². The summed E-state index contributed by atoms with van der Waals surface area (Å²) in [5.74, 6) is -0.470. The standard InChI is InChI=1S/C25H16INO2S.C13H10S.C12H6FIO2S.CH3F.Na.H/c26-20-9-13-22(14-10-20)30(28,29)23-15-11-21(12-16-23)27-24-7-3-1-5-18(24)17-19-6-2-4-8-25(19)27;1-3-7-12-10(5-1)9-11-6-2-4-8-13(11)14-12;13-9-1-5-11(6-2-9)17(15,16)12-7-3-10(14)4-8-12;1-2;;/h1-9,11-13,15-16H,17H2;1-8H,9H2;1-3,5-7H;1H3;;/q;;;;+1;-1/i;;;1D;;. The predicted molar refractivity (Wildman–Crippen MR) is 267 cm³/mol. The van der Waals surface area contributed by atoms with Crippen LogP contribution in [0.3, 0.4) is 0 Å². The maximum Gasteiger partial charge on any atom is 1.00 e. The Morgan fingerprint density at radius 2 is 0.938 bits per heavy atom. The second-order valence-electron chi connectivity index (χ2n) is 13.8. The van der Waals surface area contributed by atoms with Crippen LogP contribution in [0.2, 0.25) is 0 Å². The van der Waals surface area contributed by atoms with Crippen LogP contribution in [-0.2, 0) is 32.5 Å². The minimum absolute atomic E-state index is 0. The van der Waals surface area contributed by atoms with Crippen LogP contribution in [0.5, 0.6) is 0 Å². The van der Waals surface area contributed by atoms with Gasteiger partial charge in [0.2, 0.25) is 19.7 Å². The molecule has 0 unspecified atom stereocenters. The Bertz CT molecular complexity index is 3130. The second kappa shape index (κ2) is 22.3. The second-order valence-corrected chi connectivity index (χ2v) is 21.1. The third kappa shape index (κ3) is 11.4. The summed E-state index contributed by atoms with van der Waals surface area (Å²) in [6.07, 6.45) is 8.34. The number of rotatable bonds is 5. The fraction of sp³-hybridized carbons (Fsp3) is 0.0588. The van der Waals surface area contributed by atoms with Gasteiger partial charge in [0.1, 0.15) is 15.6 Å². The molecule has 0 radical (unpaired) electrons. The van der Waals surface area contributed by atoms with Crippen LogP contribution < -0.4 is 34.5 Å². The minimum atomic E-state index is -3.63. The smallest absolute Gasteiger partial charge is 1.00 e. The van der Waals surface area contributed by atoms with Crippen LogP contribution in [-0.4, -0.2) is 24.0 Å². The Balaban J connectivity index is 0.000000193. The van der Waals surface area contributed by atoms with E-state index in [1.807, 2.05) is 58.6 Å². The summed E-state index contributed by atoms with van der Waals surface area (Å²) in [5, 5.41) is 0. The number of para-hydroxylation sites is 2. The fourth-order valence-corrected chi connectivity index (χ4v) is 10.9. The van der Waals surface area contributed by atoms with Gasteiger partial charge in [-0.15, -0.1) is 0 Å². The monoisotopic (exact) mass is 1140 g/mol. The fourth-order valence-electron chi connectivity index (χ4n) is 6.86. The Morgan fingerprint density at radius 1 is 0.562 bits per heavy atom. The van der Waals surface area contributed by atoms with Crippen molar-refractivity contribution in [2.75, 3.05) is 12.1 Å². The molecule has 0 fully saturated rings. The molecular formula is C51H36F2I2NNaO4S3. The number of nitrogens with zero attached hydrogens (tertiary/aromatic N) is 1. The Labute approximate surface area is 429 Å². The van der Waals surface area contributed by atoms with Gasteiger partial charge in [0.25, 0.3) is 0 Å². The van der Waals surface area contributed by atoms with Gasteiger partial charge in [0.05, 0.1) is 25.5 Å². The van der Waals surface area contributed by atoms with Gasteiger partial charge in [-0.1, -0.05) is 96.0 Å². The van der Waals surface area contributed by atoms with Crippen molar-refractivity contribution in [2.24, 2.45) is 0 Å². The van der Waals surface area contributed by atoms with Crippen molar-refractivity contribution in [3.05, 3.63) is 238 Å². The van der Waals surface area contributed by atoms with Gasteiger partial charge < -0.3 is 6.33 Å². The molecular weight excluding hydrogens is 1100 g/mol. The molecule has 6 aromatic rings. The molecule has 0 bridgehead atoms. The summed E-state index contributed by atoms with van der Waals surface area (Å²) < 4.78 is 79.9. The first-order valence-electron chi connectivity index (χ1n) is 19.8. The molecule has 2 aliphatic heterocycles. The van der Waals surface area contributed by atoms with E-state index >= 15 is 0 Å². The van der Waals surface area contributed by atoms with E-state index in [2.05, 4.69) is 135 Å². The number of hydrogen-bond donors (Lipinski definition) is 0. The zero-order valence-electron chi connectivity index (χ0n) is 36.1. The van der Waals surface area contributed by atoms with E-state index in [1.54, 1.807) is 30.4 Å². The van der Waals surface area contributed by atoms with Gasteiger partial charge in [-0.05, 0) is 182 Å². The third-order valence-corrected chi connectivity index (χ3v) is 15.8. The zero-order valence-corrected chi connectivity index (χ0v) is 42.9. The average Bonchev–Trinajstić information content (AvgIpc) is 3.31. The van der Waals surface area contributed by atoms with Gasteiger partial charge in [0.15, 0.2) is 0 Å². The molecule has 4 aliphatic rings. The predicted octanol–water partition coefficient (Wildman–Crippen LogP) is 10.9. The van der Waals surface area contributed by atoms with E-state index in [0.717, 1.165) is 49.2 Å². The summed E-state index contributed by atoms with van der Waals surface area (Å²) >= 11 is 5.98. The first-order valence-corrected chi connectivity index (χ1v) is 25.0. The first-order chi connectivity index (χ1) is 30.9. The Morgan fingerprint density at radius 3 is 1.36 bits per heavy atom. The van der Waals surface area contributed by atoms with Crippen molar-refractivity contribution in [1.29, 1.82) is 0 Å². The number of fused-ring (bicyclic) bond motifs is 4. The van der Waals surface area contributed by atoms with E-state index in [1.165, 1.54) is 50.3 Å². The topological polar surface area (TPSA) is 71.5 Å². The number of sulfone groups is 2. The van der Waals surface area contributed by atoms with Crippen LogP contribution in [0, 0.1) is 5.82 Å². The van der Waals surface area contributed by atoms with E-state index in [-0.39, 0.29) is 50.6 Å². The number of hydrogen-bond acceptors (Lipinski definition) is 6.